The maximum absolute atomic E-state index is 12.0. The van der Waals surface area contributed by atoms with E-state index < -0.39 is 0 Å². The summed E-state index contributed by atoms with van der Waals surface area (Å²) in [6.45, 7) is 6.16. The van der Waals surface area contributed by atoms with Crippen LogP contribution in [0, 0.1) is 0 Å². The maximum atomic E-state index is 12.0. The standard InChI is InChI=1S/C12H24N4O2/c1-4-16-6-5-13-11(17)9-14(2)7-8-15(3)10-12(16)18/h4-10H2,1-3H3,(H,13,17). The van der Waals surface area contributed by atoms with Crippen molar-refractivity contribution in [3.63, 3.8) is 0 Å². The normalized spacial score (nSPS) is 22.3. The monoisotopic (exact) mass is 256 g/mol. The minimum absolute atomic E-state index is 0.0178. The van der Waals surface area contributed by atoms with Crippen molar-refractivity contribution in [2.75, 3.05) is 59.9 Å². The van der Waals surface area contributed by atoms with Gasteiger partial charge in [0.2, 0.25) is 11.8 Å². The first-order chi connectivity index (χ1) is 8.52. The zero-order valence-electron chi connectivity index (χ0n) is 11.6. The highest BCUT2D eigenvalue weighted by atomic mass is 16.2. The van der Waals surface area contributed by atoms with Gasteiger partial charge in [-0.2, -0.15) is 0 Å². The van der Waals surface area contributed by atoms with Gasteiger partial charge in [0.25, 0.3) is 0 Å². The summed E-state index contributed by atoms with van der Waals surface area (Å²) in [7, 11) is 3.85. The lowest BCUT2D eigenvalue weighted by atomic mass is 10.3. The second-order valence-corrected chi connectivity index (χ2v) is 4.80. The summed E-state index contributed by atoms with van der Waals surface area (Å²) >= 11 is 0. The van der Waals surface area contributed by atoms with E-state index in [1.807, 2.05) is 30.8 Å². The molecule has 0 aromatic heterocycles. The summed E-state index contributed by atoms with van der Waals surface area (Å²) in [5.41, 5.74) is 0. The van der Waals surface area contributed by atoms with Gasteiger partial charge in [-0.1, -0.05) is 0 Å². The number of carbonyl (C=O) groups excluding carboxylic acids is 2. The lowest BCUT2D eigenvalue weighted by molar-refractivity contribution is -0.132. The molecule has 0 aromatic carbocycles. The molecule has 0 bridgehead atoms. The Morgan fingerprint density at radius 1 is 1.06 bits per heavy atom. The fraction of sp³-hybridized carbons (Fsp3) is 0.833. The number of rotatable bonds is 1. The van der Waals surface area contributed by atoms with Crippen LogP contribution in [0.3, 0.4) is 0 Å². The second-order valence-electron chi connectivity index (χ2n) is 4.80. The lowest BCUT2D eigenvalue weighted by Crippen LogP contribution is -2.47. The molecule has 0 unspecified atom stereocenters. The van der Waals surface area contributed by atoms with E-state index in [0.29, 0.717) is 32.7 Å². The van der Waals surface area contributed by atoms with Crippen molar-refractivity contribution >= 4 is 11.8 Å². The molecule has 18 heavy (non-hydrogen) atoms. The average molecular weight is 256 g/mol. The number of amides is 2. The molecule has 0 aliphatic carbocycles. The van der Waals surface area contributed by atoms with Crippen LogP contribution in [-0.4, -0.2) is 86.4 Å². The highest BCUT2D eigenvalue weighted by Crippen LogP contribution is 1.95. The molecular weight excluding hydrogens is 232 g/mol. The predicted octanol–water partition coefficient (Wildman–Crippen LogP) is -1.17. The largest absolute Gasteiger partial charge is 0.353 e. The molecule has 2 amide bonds. The van der Waals surface area contributed by atoms with E-state index in [1.165, 1.54) is 0 Å². The van der Waals surface area contributed by atoms with Crippen LogP contribution in [0.1, 0.15) is 6.92 Å². The quantitative estimate of drug-likeness (QED) is 0.642. The third-order valence-corrected chi connectivity index (χ3v) is 3.12. The third-order valence-electron chi connectivity index (χ3n) is 3.12. The van der Waals surface area contributed by atoms with Crippen molar-refractivity contribution in [2.24, 2.45) is 0 Å². The van der Waals surface area contributed by atoms with Crippen LogP contribution in [0.15, 0.2) is 0 Å². The highest BCUT2D eigenvalue weighted by Gasteiger charge is 2.16. The first-order valence-corrected chi connectivity index (χ1v) is 6.44. The Labute approximate surface area is 109 Å². The van der Waals surface area contributed by atoms with Crippen LogP contribution >= 0.6 is 0 Å². The Hall–Kier alpha value is -1.14. The van der Waals surface area contributed by atoms with Crippen molar-refractivity contribution < 1.29 is 9.59 Å². The van der Waals surface area contributed by atoms with Crippen molar-refractivity contribution in [3.8, 4) is 0 Å². The van der Waals surface area contributed by atoms with Crippen molar-refractivity contribution in [1.29, 1.82) is 0 Å². The molecule has 1 rings (SSSR count). The van der Waals surface area contributed by atoms with Crippen LogP contribution in [-0.2, 0) is 9.59 Å². The Bertz CT molecular complexity index is 296. The van der Waals surface area contributed by atoms with Gasteiger partial charge >= 0.3 is 0 Å². The van der Waals surface area contributed by atoms with E-state index in [1.54, 1.807) is 4.90 Å². The maximum Gasteiger partial charge on any atom is 0.236 e. The molecule has 1 aliphatic heterocycles. The Morgan fingerprint density at radius 3 is 2.28 bits per heavy atom. The summed E-state index contributed by atoms with van der Waals surface area (Å²) in [6, 6.07) is 0. The first kappa shape index (κ1) is 14.9. The molecule has 1 fully saturated rings. The lowest BCUT2D eigenvalue weighted by Gasteiger charge is -2.27. The van der Waals surface area contributed by atoms with Gasteiger partial charge in [0.1, 0.15) is 0 Å². The molecule has 1 saturated heterocycles. The van der Waals surface area contributed by atoms with E-state index in [4.69, 9.17) is 0 Å². The zero-order valence-corrected chi connectivity index (χ0v) is 11.6. The van der Waals surface area contributed by atoms with Gasteiger partial charge in [0.15, 0.2) is 0 Å². The Morgan fingerprint density at radius 2 is 1.67 bits per heavy atom. The number of hydrogen-bond donors (Lipinski definition) is 1. The minimum atomic E-state index is 0.0178. The second kappa shape index (κ2) is 7.33. The van der Waals surface area contributed by atoms with Crippen molar-refractivity contribution in [1.82, 2.24) is 20.0 Å². The number of carbonyl (C=O) groups is 2. The number of nitrogens with zero attached hydrogens (tertiary/aromatic N) is 3. The van der Waals surface area contributed by atoms with E-state index in [2.05, 4.69) is 5.32 Å². The molecule has 0 atom stereocenters. The van der Waals surface area contributed by atoms with Gasteiger partial charge in [-0.3, -0.25) is 19.4 Å². The molecule has 0 radical (unpaired) electrons. The minimum Gasteiger partial charge on any atom is -0.353 e. The van der Waals surface area contributed by atoms with E-state index in [9.17, 15) is 9.59 Å². The van der Waals surface area contributed by atoms with Gasteiger partial charge in [-0.25, -0.2) is 0 Å². The summed E-state index contributed by atoms with van der Waals surface area (Å²) in [5, 5.41) is 2.84. The third kappa shape index (κ3) is 5.01. The summed E-state index contributed by atoms with van der Waals surface area (Å²) in [6.07, 6.45) is 0. The topological polar surface area (TPSA) is 55.9 Å². The SMILES string of the molecule is CCN1CCNC(=O)CN(C)CCN(C)CC1=O. The Kier molecular flexibility index (Phi) is 6.07. The van der Waals surface area contributed by atoms with E-state index in [-0.39, 0.29) is 11.8 Å². The molecule has 0 aromatic rings. The van der Waals surface area contributed by atoms with Crippen LogP contribution in [0.4, 0.5) is 0 Å². The molecule has 0 spiro atoms. The van der Waals surface area contributed by atoms with E-state index >= 15 is 0 Å². The average Bonchev–Trinajstić information content (AvgIpc) is 2.30. The summed E-state index contributed by atoms with van der Waals surface area (Å²) in [5.74, 6) is 0.140. The molecule has 104 valence electrons. The van der Waals surface area contributed by atoms with E-state index in [0.717, 1.165) is 13.1 Å². The molecule has 6 heteroatoms. The van der Waals surface area contributed by atoms with Gasteiger partial charge in [-0.05, 0) is 21.0 Å². The highest BCUT2D eigenvalue weighted by molar-refractivity contribution is 5.79. The predicted molar refractivity (Wildman–Crippen MR) is 70.3 cm³/mol. The number of hydrogen-bond acceptors (Lipinski definition) is 4. The van der Waals surface area contributed by atoms with Crippen LogP contribution in [0.2, 0.25) is 0 Å². The molecule has 1 heterocycles. The van der Waals surface area contributed by atoms with Crippen LogP contribution < -0.4 is 5.32 Å². The summed E-state index contributed by atoms with van der Waals surface area (Å²) < 4.78 is 0. The number of likely N-dealkylation sites (N-methyl/N-ethyl adjacent to an activating group) is 3. The first-order valence-electron chi connectivity index (χ1n) is 6.44. The Balaban J connectivity index is 2.61. The molecule has 0 saturated carbocycles. The van der Waals surface area contributed by atoms with Gasteiger partial charge < -0.3 is 10.2 Å². The van der Waals surface area contributed by atoms with Gasteiger partial charge in [0, 0.05) is 32.7 Å². The zero-order chi connectivity index (χ0) is 13.5. The summed E-state index contributed by atoms with van der Waals surface area (Å²) in [4.78, 5) is 29.3. The smallest absolute Gasteiger partial charge is 0.236 e. The fourth-order valence-corrected chi connectivity index (χ4v) is 1.92. The number of nitrogens with one attached hydrogen (secondary N) is 1. The van der Waals surface area contributed by atoms with Crippen molar-refractivity contribution in [2.45, 2.75) is 6.92 Å². The molecular formula is C12H24N4O2. The molecule has 6 nitrogen and oxygen atoms in total. The van der Waals surface area contributed by atoms with Crippen LogP contribution in [0.5, 0.6) is 0 Å². The fourth-order valence-electron chi connectivity index (χ4n) is 1.92. The van der Waals surface area contributed by atoms with Gasteiger partial charge in [-0.15, -0.1) is 0 Å². The van der Waals surface area contributed by atoms with Crippen LogP contribution in [0.25, 0.3) is 0 Å². The molecule has 1 aliphatic rings. The van der Waals surface area contributed by atoms with Gasteiger partial charge in [0.05, 0.1) is 13.1 Å². The van der Waals surface area contributed by atoms with Crippen molar-refractivity contribution in [3.05, 3.63) is 0 Å². The molecule has 1 N–H and O–H groups in total.